The lowest BCUT2D eigenvalue weighted by molar-refractivity contribution is -0.125. The van der Waals surface area contributed by atoms with Gasteiger partial charge in [-0.1, -0.05) is 42.5 Å². The van der Waals surface area contributed by atoms with E-state index >= 15 is 0 Å². The molecule has 2 aromatic rings. The second-order valence-corrected chi connectivity index (χ2v) is 6.02. The Morgan fingerprint density at radius 2 is 1.92 bits per heavy atom. The van der Waals surface area contributed by atoms with Crippen LogP contribution < -0.4 is 10.6 Å². The molecule has 2 aromatic carbocycles. The molecule has 132 valence electrons. The van der Waals surface area contributed by atoms with E-state index < -0.39 is 6.03 Å². The molecule has 1 heterocycles. The Morgan fingerprint density at radius 3 is 2.62 bits per heavy atom. The van der Waals surface area contributed by atoms with E-state index in [1.807, 2.05) is 37.3 Å². The Kier molecular flexibility index (Phi) is 5.12. The zero-order valence-electron chi connectivity index (χ0n) is 14.4. The highest BCUT2D eigenvalue weighted by molar-refractivity contribution is 6.04. The molecule has 0 aliphatic carbocycles. The molecule has 0 unspecified atom stereocenters. The van der Waals surface area contributed by atoms with E-state index in [2.05, 4.69) is 10.6 Å². The number of allylic oxidation sites excluding steroid dienone is 1. The van der Waals surface area contributed by atoms with Crippen molar-refractivity contribution in [3.05, 3.63) is 71.8 Å². The number of imide groups is 1. The molecular weight excluding hydrogens is 330 g/mol. The summed E-state index contributed by atoms with van der Waals surface area (Å²) < 4.78 is 0. The molecule has 4 amide bonds. The first kappa shape index (κ1) is 17.4. The maximum absolute atomic E-state index is 12.2. The number of rotatable bonds is 5. The minimum Gasteiger partial charge on any atom is -0.329 e. The van der Waals surface area contributed by atoms with E-state index in [0.29, 0.717) is 5.69 Å². The summed E-state index contributed by atoms with van der Waals surface area (Å²) in [7, 11) is 0. The first-order valence-corrected chi connectivity index (χ1v) is 8.25. The molecule has 1 fully saturated rings. The van der Waals surface area contributed by atoms with E-state index in [1.165, 1.54) is 0 Å². The van der Waals surface area contributed by atoms with Gasteiger partial charge in [0.15, 0.2) is 0 Å². The Morgan fingerprint density at radius 1 is 1.15 bits per heavy atom. The number of anilines is 1. The van der Waals surface area contributed by atoms with Crippen molar-refractivity contribution in [1.29, 1.82) is 0 Å². The minimum absolute atomic E-state index is 0.0266. The molecule has 0 bridgehead atoms. The molecule has 1 aliphatic heterocycles. The fourth-order valence-electron chi connectivity index (χ4n) is 2.70. The van der Waals surface area contributed by atoms with Crippen molar-refractivity contribution < 1.29 is 14.4 Å². The van der Waals surface area contributed by atoms with Crippen LogP contribution in [-0.2, 0) is 16.1 Å². The third-order valence-electron chi connectivity index (χ3n) is 4.05. The standard InChI is InChI=1S/C20H19N3O3/c1-14(16-7-3-2-4-8-16)10-18(24)22-17-9-5-6-15(11-17)13-23-19(25)12-21-20(23)26/h2-11H,12-13H2,1H3,(H,21,26)(H,22,24). The first-order chi connectivity index (χ1) is 12.5. The van der Waals surface area contributed by atoms with Crippen molar-refractivity contribution in [2.75, 3.05) is 11.9 Å². The molecule has 0 atom stereocenters. The molecule has 0 aromatic heterocycles. The number of amides is 4. The lowest BCUT2D eigenvalue weighted by Crippen LogP contribution is -2.30. The highest BCUT2D eigenvalue weighted by Gasteiger charge is 2.28. The van der Waals surface area contributed by atoms with Gasteiger partial charge in [-0.2, -0.15) is 0 Å². The fraction of sp³-hybridized carbons (Fsp3) is 0.150. The van der Waals surface area contributed by atoms with Gasteiger partial charge in [-0.05, 0) is 35.8 Å². The molecule has 0 radical (unpaired) electrons. The number of carbonyl (C=O) groups is 3. The van der Waals surface area contributed by atoms with Crippen LogP contribution in [0.2, 0.25) is 0 Å². The minimum atomic E-state index is -0.397. The molecule has 6 nitrogen and oxygen atoms in total. The zero-order chi connectivity index (χ0) is 18.5. The topological polar surface area (TPSA) is 78.5 Å². The van der Waals surface area contributed by atoms with Crippen LogP contribution in [0.5, 0.6) is 0 Å². The van der Waals surface area contributed by atoms with Crippen molar-refractivity contribution in [3.63, 3.8) is 0 Å². The predicted octanol–water partition coefficient (Wildman–Crippen LogP) is 2.78. The number of nitrogens with one attached hydrogen (secondary N) is 2. The van der Waals surface area contributed by atoms with Crippen molar-refractivity contribution in [3.8, 4) is 0 Å². The summed E-state index contributed by atoms with van der Waals surface area (Å²) in [4.78, 5) is 36.7. The summed E-state index contributed by atoms with van der Waals surface area (Å²) in [6, 6.07) is 16.3. The summed E-state index contributed by atoms with van der Waals surface area (Å²) in [5, 5.41) is 5.29. The Hall–Kier alpha value is -3.41. The molecule has 2 N–H and O–H groups in total. The molecule has 0 spiro atoms. The SMILES string of the molecule is CC(=CC(=O)Nc1cccc(CN2C(=O)CNC2=O)c1)c1ccccc1. The van der Waals surface area contributed by atoms with Crippen LogP contribution in [-0.4, -0.2) is 29.3 Å². The van der Waals surface area contributed by atoms with E-state index in [0.717, 1.165) is 21.6 Å². The third kappa shape index (κ3) is 4.16. The number of nitrogens with zero attached hydrogens (tertiary/aromatic N) is 1. The van der Waals surface area contributed by atoms with E-state index in [4.69, 9.17) is 0 Å². The second-order valence-electron chi connectivity index (χ2n) is 6.02. The summed E-state index contributed by atoms with van der Waals surface area (Å²) >= 11 is 0. The highest BCUT2D eigenvalue weighted by Crippen LogP contribution is 2.16. The van der Waals surface area contributed by atoms with Crippen molar-refractivity contribution in [1.82, 2.24) is 10.2 Å². The Balaban J connectivity index is 1.68. The summed E-state index contributed by atoms with van der Waals surface area (Å²) in [6.45, 7) is 2.08. The van der Waals surface area contributed by atoms with E-state index in [1.54, 1.807) is 30.3 Å². The fourth-order valence-corrected chi connectivity index (χ4v) is 2.70. The predicted molar refractivity (Wildman–Crippen MR) is 99.1 cm³/mol. The van der Waals surface area contributed by atoms with Crippen molar-refractivity contribution in [2.45, 2.75) is 13.5 Å². The number of benzene rings is 2. The average Bonchev–Trinajstić information content (AvgIpc) is 2.94. The van der Waals surface area contributed by atoms with Crippen LogP contribution in [0.3, 0.4) is 0 Å². The number of urea groups is 1. The van der Waals surface area contributed by atoms with Gasteiger partial charge in [0.05, 0.1) is 13.1 Å². The van der Waals surface area contributed by atoms with Crippen LogP contribution in [0.4, 0.5) is 10.5 Å². The number of carbonyl (C=O) groups excluding carboxylic acids is 3. The lowest BCUT2D eigenvalue weighted by atomic mass is 10.1. The van der Waals surface area contributed by atoms with Crippen molar-refractivity contribution >= 4 is 29.1 Å². The quantitative estimate of drug-likeness (QED) is 0.643. The van der Waals surface area contributed by atoms with Crippen LogP contribution >= 0.6 is 0 Å². The molecule has 1 aliphatic rings. The van der Waals surface area contributed by atoms with Gasteiger partial charge in [-0.25, -0.2) is 4.79 Å². The van der Waals surface area contributed by atoms with Gasteiger partial charge in [0.2, 0.25) is 11.8 Å². The molecule has 6 heteroatoms. The normalized spacial score (nSPS) is 14.3. The van der Waals surface area contributed by atoms with Gasteiger partial charge in [0, 0.05) is 11.8 Å². The van der Waals surface area contributed by atoms with E-state index in [9.17, 15) is 14.4 Å². The summed E-state index contributed by atoms with van der Waals surface area (Å²) in [5.41, 5.74) is 3.21. The van der Waals surface area contributed by atoms with Gasteiger partial charge < -0.3 is 10.6 Å². The van der Waals surface area contributed by atoms with Gasteiger partial charge in [0.1, 0.15) is 0 Å². The summed E-state index contributed by atoms with van der Waals surface area (Å²) in [6.07, 6.45) is 1.54. The van der Waals surface area contributed by atoms with E-state index in [-0.39, 0.29) is 24.9 Å². The molecule has 26 heavy (non-hydrogen) atoms. The zero-order valence-corrected chi connectivity index (χ0v) is 14.4. The highest BCUT2D eigenvalue weighted by atomic mass is 16.2. The van der Waals surface area contributed by atoms with Gasteiger partial charge in [-0.3, -0.25) is 14.5 Å². The van der Waals surface area contributed by atoms with Crippen LogP contribution in [0.15, 0.2) is 60.7 Å². The second kappa shape index (κ2) is 7.65. The Bertz CT molecular complexity index is 859. The van der Waals surface area contributed by atoms with Gasteiger partial charge >= 0.3 is 6.03 Å². The average molecular weight is 349 g/mol. The maximum atomic E-state index is 12.2. The largest absolute Gasteiger partial charge is 0.329 e. The summed E-state index contributed by atoms with van der Waals surface area (Å²) in [5.74, 6) is -0.496. The third-order valence-corrected chi connectivity index (χ3v) is 4.05. The van der Waals surface area contributed by atoms with Gasteiger partial charge in [-0.15, -0.1) is 0 Å². The number of hydrogen-bond acceptors (Lipinski definition) is 3. The molecule has 0 saturated carbocycles. The Labute approximate surface area is 151 Å². The van der Waals surface area contributed by atoms with Crippen LogP contribution in [0.25, 0.3) is 5.57 Å². The van der Waals surface area contributed by atoms with Gasteiger partial charge in [0.25, 0.3) is 0 Å². The van der Waals surface area contributed by atoms with Crippen molar-refractivity contribution in [2.24, 2.45) is 0 Å². The molecular formula is C20H19N3O3. The maximum Gasteiger partial charge on any atom is 0.324 e. The van der Waals surface area contributed by atoms with Crippen LogP contribution in [0.1, 0.15) is 18.1 Å². The first-order valence-electron chi connectivity index (χ1n) is 8.25. The lowest BCUT2D eigenvalue weighted by Gasteiger charge is -2.13. The molecule has 1 saturated heterocycles. The molecule has 3 rings (SSSR count). The number of hydrogen-bond donors (Lipinski definition) is 2. The smallest absolute Gasteiger partial charge is 0.324 e. The van der Waals surface area contributed by atoms with Crippen LogP contribution in [0, 0.1) is 0 Å². The monoisotopic (exact) mass is 349 g/mol.